The highest BCUT2D eigenvalue weighted by Crippen LogP contribution is 2.20. The summed E-state index contributed by atoms with van der Waals surface area (Å²) in [6.45, 7) is 4.20. The molecule has 0 aliphatic carbocycles. The number of anilines is 1. The molecule has 1 N–H and O–H groups in total. The third kappa shape index (κ3) is 4.61. The molecule has 0 aliphatic rings. The van der Waals surface area contributed by atoms with Gasteiger partial charge in [-0.3, -0.25) is 4.79 Å². The van der Waals surface area contributed by atoms with Gasteiger partial charge in [-0.15, -0.1) is 21.5 Å². The Hall–Kier alpha value is -2.39. The molecule has 7 nitrogen and oxygen atoms in total. The minimum atomic E-state index is -0.120. The van der Waals surface area contributed by atoms with Gasteiger partial charge in [-0.05, 0) is 25.5 Å². The Balaban J connectivity index is 1.53. The van der Waals surface area contributed by atoms with Crippen LogP contribution in [0.2, 0.25) is 0 Å². The van der Waals surface area contributed by atoms with Crippen LogP contribution in [0.4, 0.5) is 5.13 Å². The molecule has 0 atom stereocenters. The van der Waals surface area contributed by atoms with Crippen LogP contribution in [0.15, 0.2) is 34.8 Å². The number of para-hydroxylation sites is 1. The van der Waals surface area contributed by atoms with Crippen molar-refractivity contribution in [3.8, 4) is 5.75 Å². The van der Waals surface area contributed by atoms with Crippen molar-refractivity contribution < 1.29 is 9.53 Å². The van der Waals surface area contributed by atoms with Crippen molar-refractivity contribution in [2.24, 2.45) is 7.05 Å². The molecule has 0 saturated heterocycles. The zero-order valence-electron chi connectivity index (χ0n) is 14.7. The van der Waals surface area contributed by atoms with Gasteiger partial charge in [0, 0.05) is 12.4 Å². The molecule has 1 amide bonds. The minimum Gasteiger partial charge on any atom is -0.485 e. The van der Waals surface area contributed by atoms with Crippen molar-refractivity contribution in [3.63, 3.8) is 0 Å². The van der Waals surface area contributed by atoms with Gasteiger partial charge in [-0.25, -0.2) is 4.98 Å². The van der Waals surface area contributed by atoms with Crippen LogP contribution in [0.3, 0.4) is 0 Å². The van der Waals surface area contributed by atoms with Gasteiger partial charge < -0.3 is 14.6 Å². The zero-order valence-corrected chi connectivity index (χ0v) is 16.4. The molecule has 136 valence electrons. The van der Waals surface area contributed by atoms with E-state index in [0.717, 1.165) is 17.0 Å². The molecule has 0 unspecified atom stereocenters. The molecule has 2 heterocycles. The molecular formula is C17H19N5O2S2. The standard InChI is InChI=1S/C17H19N5O2S2/c1-11-6-4-5-7-13(11)24-8-14-20-21-17(22(14)3)26-10-15(23)19-16-18-12(2)9-25-16/h4-7,9H,8,10H2,1-3H3,(H,18,19,23). The van der Waals surface area contributed by atoms with Crippen LogP contribution >= 0.6 is 23.1 Å². The fraction of sp³-hybridized carbons (Fsp3) is 0.294. The summed E-state index contributed by atoms with van der Waals surface area (Å²) in [7, 11) is 1.86. The maximum atomic E-state index is 12.0. The van der Waals surface area contributed by atoms with E-state index in [1.165, 1.54) is 23.1 Å². The number of hydrogen-bond acceptors (Lipinski definition) is 7. The topological polar surface area (TPSA) is 81.9 Å². The van der Waals surface area contributed by atoms with Crippen molar-refractivity contribution >= 4 is 34.1 Å². The van der Waals surface area contributed by atoms with E-state index in [0.29, 0.717) is 22.7 Å². The average Bonchev–Trinajstić information content (AvgIpc) is 3.18. The highest BCUT2D eigenvalue weighted by molar-refractivity contribution is 7.99. The number of amides is 1. The number of carbonyl (C=O) groups excluding carboxylic acids is 1. The molecule has 9 heteroatoms. The summed E-state index contributed by atoms with van der Waals surface area (Å²) in [5.41, 5.74) is 1.96. The largest absolute Gasteiger partial charge is 0.485 e. The highest BCUT2D eigenvalue weighted by Gasteiger charge is 2.13. The lowest BCUT2D eigenvalue weighted by atomic mass is 10.2. The SMILES string of the molecule is Cc1csc(NC(=O)CSc2nnc(COc3ccccc3C)n2C)n1. The molecule has 0 bridgehead atoms. The summed E-state index contributed by atoms with van der Waals surface area (Å²) in [6, 6.07) is 7.82. The number of aromatic nitrogens is 4. The third-order valence-corrected chi connectivity index (χ3v) is 5.47. The first-order valence-corrected chi connectivity index (χ1v) is 9.81. The number of ether oxygens (including phenoxy) is 1. The fourth-order valence-electron chi connectivity index (χ4n) is 2.15. The molecule has 0 fully saturated rings. The van der Waals surface area contributed by atoms with Gasteiger partial charge in [-0.2, -0.15) is 0 Å². The maximum absolute atomic E-state index is 12.0. The van der Waals surface area contributed by atoms with Crippen molar-refractivity contribution in [2.75, 3.05) is 11.1 Å². The van der Waals surface area contributed by atoms with E-state index >= 15 is 0 Å². The van der Waals surface area contributed by atoms with Crippen LogP contribution in [-0.4, -0.2) is 31.4 Å². The van der Waals surface area contributed by atoms with Gasteiger partial charge in [0.15, 0.2) is 16.1 Å². The Morgan fingerprint density at radius 2 is 2.12 bits per heavy atom. The molecule has 0 radical (unpaired) electrons. The molecule has 1 aromatic carbocycles. The van der Waals surface area contributed by atoms with Crippen LogP contribution < -0.4 is 10.1 Å². The molecule has 3 aromatic rings. The van der Waals surface area contributed by atoms with Gasteiger partial charge in [0.05, 0.1) is 11.4 Å². The first kappa shape index (κ1) is 18.4. The van der Waals surface area contributed by atoms with E-state index < -0.39 is 0 Å². The number of thiazole rings is 1. The normalized spacial score (nSPS) is 10.7. The summed E-state index contributed by atoms with van der Waals surface area (Å²) >= 11 is 2.74. The summed E-state index contributed by atoms with van der Waals surface area (Å²) in [6.07, 6.45) is 0. The second-order valence-corrected chi connectivity index (χ2v) is 7.44. The van der Waals surface area contributed by atoms with Gasteiger partial charge >= 0.3 is 0 Å². The van der Waals surface area contributed by atoms with E-state index in [4.69, 9.17) is 4.74 Å². The molecule has 26 heavy (non-hydrogen) atoms. The van der Waals surface area contributed by atoms with Crippen molar-refractivity contribution in [1.29, 1.82) is 0 Å². The second kappa shape index (κ2) is 8.33. The van der Waals surface area contributed by atoms with E-state index in [1.807, 2.05) is 55.1 Å². The van der Waals surface area contributed by atoms with Crippen LogP contribution in [0.1, 0.15) is 17.1 Å². The van der Waals surface area contributed by atoms with E-state index in [1.54, 1.807) is 0 Å². The zero-order chi connectivity index (χ0) is 18.5. The number of benzene rings is 1. The first-order chi connectivity index (χ1) is 12.5. The number of nitrogens with one attached hydrogen (secondary N) is 1. The van der Waals surface area contributed by atoms with E-state index in [-0.39, 0.29) is 11.7 Å². The van der Waals surface area contributed by atoms with Crippen LogP contribution in [0, 0.1) is 13.8 Å². The van der Waals surface area contributed by atoms with Crippen LogP contribution in [-0.2, 0) is 18.4 Å². The predicted molar refractivity (Wildman–Crippen MR) is 103 cm³/mol. The van der Waals surface area contributed by atoms with Gasteiger partial charge in [0.1, 0.15) is 12.4 Å². The molecule has 3 rings (SSSR count). The molecule has 0 aliphatic heterocycles. The smallest absolute Gasteiger partial charge is 0.236 e. The van der Waals surface area contributed by atoms with Gasteiger partial charge in [0.25, 0.3) is 0 Å². The second-order valence-electron chi connectivity index (χ2n) is 5.64. The first-order valence-electron chi connectivity index (χ1n) is 7.94. The summed E-state index contributed by atoms with van der Waals surface area (Å²) < 4.78 is 7.64. The lowest BCUT2D eigenvalue weighted by molar-refractivity contribution is -0.113. The Labute approximate surface area is 159 Å². The van der Waals surface area contributed by atoms with Crippen LogP contribution in [0.25, 0.3) is 0 Å². The molecule has 0 saturated carbocycles. The third-order valence-electron chi connectivity index (χ3n) is 3.57. The van der Waals surface area contributed by atoms with Gasteiger partial charge in [-0.1, -0.05) is 30.0 Å². The molecule has 0 spiro atoms. The Morgan fingerprint density at radius 3 is 2.85 bits per heavy atom. The number of carbonyl (C=O) groups is 1. The lowest BCUT2D eigenvalue weighted by Gasteiger charge is -2.08. The van der Waals surface area contributed by atoms with Crippen molar-refractivity contribution in [2.45, 2.75) is 25.6 Å². The minimum absolute atomic E-state index is 0.120. The van der Waals surface area contributed by atoms with Crippen molar-refractivity contribution in [1.82, 2.24) is 19.7 Å². The number of aryl methyl sites for hydroxylation is 2. The number of rotatable bonds is 7. The van der Waals surface area contributed by atoms with E-state index in [9.17, 15) is 4.79 Å². The fourth-order valence-corrected chi connectivity index (χ4v) is 3.59. The Bertz CT molecular complexity index is 906. The average molecular weight is 390 g/mol. The highest BCUT2D eigenvalue weighted by atomic mass is 32.2. The summed E-state index contributed by atoms with van der Waals surface area (Å²) in [4.78, 5) is 16.2. The monoisotopic (exact) mass is 389 g/mol. The number of hydrogen-bond donors (Lipinski definition) is 1. The maximum Gasteiger partial charge on any atom is 0.236 e. The van der Waals surface area contributed by atoms with Crippen LogP contribution in [0.5, 0.6) is 5.75 Å². The van der Waals surface area contributed by atoms with Gasteiger partial charge in [0.2, 0.25) is 5.91 Å². The lowest BCUT2D eigenvalue weighted by Crippen LogP contribution is -2.14. The summed E-state index contributed by atoms with van der Waals surface area (Å²) in [5, 5.41) is 14.2. The molecular weight excluding hydrogens is 370 g/mol. The Morgan fingerprint density at radius 1 is 1.31 bits per heavy atom. The predicted octanol–water partition coefficient (Wildman–Crippen LogP) is 3.20. The number of thioether (sulfide) groups is 1. The Kier molecular flexibility index (Phi) is 5.89. The van der Waals surface area contributed by atoms with E-state index in [2.05, 4.69) is 20.5 Å². The summed E-state index contributed by atoms with van der Waals surface area (Å²) in [5.74, 6) is 1.64. The molecule has 2 aromatic heterocycles. The number of nitrogens with zero attached hydrogens (tertiary/aromatic N) is 4. The quantitative estimate of drug-likeness (QED) is 0.625. The van der Waals surface area contributed by atoms with Crippen molar-refractivity contribution in [3.05, 3.63) is 46.7 Å².